The molecule has 1 aliphatic rings. The largest absolute Gasteiger partial charge is 0.476 e. The number of benzene rings is 1. The Morgan fingerprint density at radius 3 is 2.64 bits per heavy atom. The lowest BCUT2D eigenvalue weighted by Gasteiger charge is -2.23. The van der Waals surface area contributed by atoms with Gasteiger partial charge in [0, 0.05) is 30.6 Å². The maximum absolute atomic E-state index is 13.8. The molecule has 3 heterocycles. The second kappa shape index (κ2) is 8.42. The normalized spacial score (nSPS) is 16.2. The first-order chi connectivity index (χ1) is 15.5. The Balaban J connectivity index is 1.82. The number of hydrogen-bond acceptors (Lipinski definition) is 6. The molecule has 1 atom stereocenters. The molecule has 0 bridgehead atoms. The molecule has 0 spiro atoms. The van der Waals surface area contributed by atoms with Gasteiger partial charge in [0.2, 0.25) is 5.95 Å². The molecule has 0 amide bonds. The number of anilines is 2. The Kier molecular flexibility index (Phi) is 5.92. The van der Waals surface area contributed by atoms with E-state index in [0.29, 0.717) is 5.56 Å². The van der Waals surface area contributed by atoms with Gasteiger partial charge in [0.25, 0.3) is 11.5 Å². The number of rotatable bonds is 5. The monoisotopic (exact) mass is 497 g/mol. The smallest absolute Gasteiger partial charge is 0.356 e. The first-order valence-corrected chi connectivity index (χ1v) is 10.7. The Hall–Kier alpha value is -2.98. The SMILES string of the molecule is C[C@@H](Nc1ccc(Cl)nc1C(=O)O)c1cc(Cl)cc2c(=O)n(C)c(N3CCC(F)(F)C3)nc12. The quantitative estimate of drug-likeness (QED) is 0.505. The number of alkyl halides is 2. The van der Waals surface area contributed by atoms with Crippen molar-refractivity contribution in [1.29, 1.82) is 0 Å². The molecule has 12 heteroatoms. The molecule has 2 aromatic heterocycles. The van der Waals surface area contributed by atoms with Crippen molar-refractivity contribution in [3.05, 3.63) is 56.1 Å². The molecule has 4 rings (SSSR count). The molecule has 1 saturated heterocycles. The molecular formula is C21H19Cl2F2N5O3. The van der Waals surface area contributed by atoms with E-state index in [1.165, 1.54) is 34.7 Å². The van der Waals surface area contributed by atoms with Crippen molar-refractivity contribution in [2.75, 3.05) is 23.3 Å². The summed E-state index contributed by atoms with van der Waals surface area (Å²) in [7, 11) is 1.47. The van der Waals surface area contributed by atoms with E-state index in [9.17, 15) is 23.5 Å². The molecule has 2 N–H and O–H groups in total. The summed E-state index contributed by atoms with van der Waals surface area (Å²) in [5.41, 5.74) is 0.279. The van der Waals surface area contributed by atoms with Gasteiger partial charge < -0.3 is 15.3 Å². The van der Waals surface area contributed by atoms with Gasteiger partial charge in [0.1, 0.15) is 5.15 Å². The fourth-order valence-electron chi connectivity index (χ4n) is 3.90. The molecule has 0 radical (unpaired) electrons. The number of aromatic carboxylic acids is 1. The van der Waals surface area contributed by atoms with Crippen molar-refractivity contribution in [2.24, 2.45) is 7.05 Å². The Bertz CT molecular complexity index is 1330. The van der Waals surface area contributed by atoms with E-state index in [1.54, 1.807) is 13.0 Å². The predicted molar refractivity (Wildman–Crippen MR) is 122 cm³/mol. The molecule has 0 unspecified atom stereocenters. The lowest BCUT2D eigenvalue weighted by atomic mass is 10.0. The highest BCUT2D eigenvalue weighted by Crippen LogP contribution is 2.33. The van der Waals surface area contributed by atoms with Gasteiger partial charge in [-0.2, -0.15) is 0 Å². The number of carboxylic acid groups (broad SMARTS) is 1. The van der Waals surface area contributed by atoms with Gasteiger partial charge in [-0.05, 0) is 31.2 Å². The summed E-state index contributed by atoms with van der Waals surface area (Å²) < 4.78 is 28.9. The van der Waals surface area contributed by atoms with Gasteiger partial charge in [-0.3, -0.25) is 9.36 Å². The maximum atomic E-state index is 13.8. The number of nitrogens with one attached hydrogen (secondary N) is 1. The molecule has 0 saturated carbocycles. The lowest BCUT2D eigenvalue weighted by molar-refractivity contribution is 0.0256. The summed E-state index contributed by atoms with van der Waals surface area (Å²) >= 11 is 12.1. The van der Waals surface area contributed by atoms with Crippen LogP contribution in [0, 0.1) is 0 Å². The maximum Gasteiger partial charge on any atom is 0.356 e. The zero-order chi connectivity index (χ0) is 24.1. The average Bonchev–Trinajstić information content (AvgIpc) is 3.11. The van der Waals surface area contributed by atoms with Crippen LogP contribution in [0.4, 0.5) is 20.4 Å². The van der Waals surface area contributed by atoms with Crippen molar-refractivity contribution in [3.8, 4) is 0 Å². The van der Waals surface area contributed by atoms with E-state index < -0.39 is 30.0 Å². The van der Waals surface area contributed by atoms with Crippen LogP contribution in [0.3, 0.4) is 0 Å². The number of fused-ring (bicyclic) bond motifs is 1. The van der Waals surface area contributed by atoms with Gasteiger partial charge in [0.15, 0.2) is 5.69 Å². The van der Waals surface area contributed by atoms with Gasteiger partial charge in [0.05, 0.1) is 29.2 Å². The zero-order valence-electron chi connectivity index (χ0n) is 17.6. The molecule has 174 valence electrons. The van der Waals surface area contributed by atoms with E-state index >= 15 is 0 Å². The highest BCUT2D eigenvalue weighted by atomic mass is 35.5. The van der Waals surface area contributed by atoms with E-state index in [4.69, 9.17) is 23.2 Å². The Morgan fingerprint density at radius 2 is 2.00 bits per heavy atom. The molecule has 33 heavy (non-hydrogen) atoms. The number of aromatic nitrogens is 3. The van der Waals surface area contributed by atoms with E-state index in [1.807, 2.05) is 0 Å². The molecule has 1 aromatic carbocycles. The summed E-state index contributed by atoms with van der Waals surface area (Å²) in [5.74, 6) is -4.01. The minimum absolute atomic E-state index is 0.0241. The Labute approximate surface area is 196 Å². The summed E-state index contributed by atoms with van der Waals surface area (Å²) in [6.07, 6.45) is -0.326. The minimum Gasteiger partial charge on any atom is -0.476 e. The molecule has 1 fully saturated rings. The molecule has 3 aromatic rings. The topological polar surface area (TPSA) is 100 Å². The number of carbonyl (C=O) groups is 1. The van der Waals surface area contributed by atoms with Crippen molar-refractivity contribution in [3.63, 3.8) is 0 Å². The summed E-state index contributed by atoms with van der Waals surface area (Å²) in [5, 5.41) is 13.0. The zero-order valence-corrected chi connectivity index (χ0v) is 19.1. The molecule has 8 nitrogen and oxygen atoms in total. The number of halogens is 4. The summed E-state index contributed by atoms with van der Waals surface area (Å²) in [4.78, 5) is 34.4. The third-order valence-corrected chi connectivity index (χ3v) is 5.93. The number of pyridine rings is 1. The third-order valence-electron chi connectivity index (χ3n) is 5.51. The van der Waals surface area contributed by atoms with Crippen molar-refractivity contribution in [2.45, 2.75) is 25.3 Å². The van der Waals surface area contributed by atoms with E-state index in [0.717, 1.165) is 0 Å². The highest BCUT2D eigenvalue weighted by molar-refractivity contribution is 6.31. The standard InChI is InChI=1S/C21H19Cl2F2N5O3/c1-10(26-14-3-4-15(23)27-17(14)19(32)33)12-7-11(22)8-13-16(12)28-20(29(2)18(13)31)30-6-5-21(24,25)9-30/h3-4,7-8,10,26H,5-6,9H2,1-2H3,(H,32,33)/t10-/m1/s1. The molecular weight excluding hydrogens is 479 g/mol. The Morgan fingerprint density at radius 1 is 1.27 bits per heavy atom. The lowest BCUT2D eigenvalue weighted by Crippen LogP contribution is -2.32. The van der Waals surface area contributed by atoms with Crippen LogP contribution in [0.1, 0.15) is 35.4 Å². The number of carboxylic acids is 1. The average molecular weight is 498 g/mol. The minimum atomic E-state index is -2.86. The van der Waals surface area contributed by atoms with Crippen LogP contribution in [0.25, 0.3) is 10.9 Å². The van der Waals surface area contributed by atoms with Gasteiger partial charge in [-0.25, -0.2) is 23.5 Å². The fraction of sp³-hybridized carbons (Fsp3) is 0.333. The van der Waals surface area contributed by atoms with Crippen LogP contribution in [-0.2, 0) is 7.05 Å². The number of hydrogen-bond donors (Lipinski definition) is 2. The van der Waals surface area contributed by atoms with Crippen molar-refractivity contribution < 1.29 is 18.7 Å². The van der Waals surface area contributed by atoms with Gasteiger partial charge in [-0.15, -0.1) is 0 Å². The van der Waals surface area contributed by atoms with Crippen LogP contribution in [0.15, 0.2) is 29.1 Å². The van der Waals surface area contributed by atoms with Gasteiger partial charge >= 0.3 is 5.97 Å². The summed E-state index contributed by atoms with van der Waals surface area (Å²) in [6, 6.07) is 5.42. The van der Waals surface area contributed by atoms with E-state index in [-0.39, 0.29) is 51.4 Å². The highest BCUT2D eigenvalue weighted by Gasteiger charge is 2.39. The van der Waals surface area contributed by atoms with Crippen LogP contribution in [-0.4, -0.2) is 44.6 Å². The van der Waals surface area contributed by atoms with E-state index in [2.05, 4.69) is 15.3 Å². The predicted octanol–water partition coefficient (Wildman–Crippen LogP) is 4.35. The third kappa shape index (κ3) is 4.45. The second-order valence-electron chi connectivity index (χ2n) is 7.90. The molecule has 0 aliphatic carbocycles. The van der Waals surface area contributed by atoms with Crippen LogP contribution in [0.2, 0.25) is 10.2 Å². The second-order valence-corrected chi connectivity index (χ2v) is 8.72. The van der Waals surface area contributed by atoms with Crippen LogP contribution >= 0.6 is 23.2 Å². The summed E-state index contributed by atoms with van der Waals surface area (Å²) in [6.45, 7) is 1.26. The van der Waals surface area contributed by atoms with Crippen molar-refractivity contribution in [1.82, 2.24) is 14.5 Å². The first kappa shape index (κ1) is 23.2. The fourth-order valence-corrected chi connectivity index (χ4v) is 4.27. The van der Waals surface area contributed by atoms with Crippen LogP contribution in [0.5, 0.6) is 0 Å². The molecule has 1 aliphatic heterocycles. The first-order valence-electron chi connectivity index (χ1n) is 9.96. The van der Waals surface area contributed by atoms with Gasteiger partial charge in [-0.1, -0.05) is 23.2 Å². The van der Waals surface area contributed by atoms with Crippen molar-refractivity contribution >= 4 is 51.7 Å². The number of nitrogens with zero attached hydrogens (tertiary/aromatic N) is 4. The van der Waals surface area contributed by atoms with Crippen LogP contribution < -0.4 is 15.8 Å².